The van der Waals surface area contributed by atoms with Gasteiger partial charge in [0, 0.05) is 5.39 Å². The van der Waals surface area contributed by atoms with Crippen molar-refractivity contribution < 1.29 is 14.3 Å². The molecule has 0 aliphatic heterocycles. The Labute approximate surface area is 144 Å². The molecule has 1 heterocycles. The van der Waals surface area contributed by atoms with Crippen LogP contribution in [-0.4, -0.2) is 23.4 Å². The maximum Gasteiger partial charge on any atom is 0.288 e. The summed E-state index contributed by atoms with van der Waals surface area (Å²) in [5, 5.41) is 0.939. The summed E-state index contributed by atoms with van der Waals surface area (Å²) in [4.78, 5) is 28.8. The maximum absolute atomic E-state index is 12.3. The molecule has 0 radical (unpaired) electrons. The van der Waals surface area contributed by atoms with Crippen molar-refractivity contribution in [2.24, 2.45) is 0 Å². The van der Waals surface area contributed by atoms with Crippen molar-refractivity contribution in [3.63, 3.8) is 0 Å². The number of carbonyl (C=O) groups excluding carboxylic acids is 2. The Morgan fingerprint density at radius 3 is 2.48 bits per heavy atom. The number of ether oxygens (including phenoxy) is 1. The van der Waals surface area contributed by atoms with Crippen LogP contribution in [0.3, 0.4) is 0 Å². The summed E-state index contributed by atoms with van der Waals surface area (Å²) < 4.78 is 5.41. The molecule has 0 spiro atoms. The van der Waals surface area contributed by atoms with E-state index in [1.807, 2.05) is 37.3 Å². The molecule has 0 unspecified atom stereocenters. The number of nitrogens with zero attached hydrogens (tertiary/aromatic N) is 1. The zero-order chi connectivity index (χ0) is 17.6. The molecule has 0 saturated heterocycles. The van der Waals surface area contributed by atoms with Crippen LogP contribution in [-0.2, 0) is 0 Å². The molecule has 0 atom stereocenters. The summed E-state index contributed by atoms with van der Waals surface area (Å²) in [6, 6.07) is 17.7. The van der Waals surface area contributed by atoms with E-state index in [-0.39, 0.29) is 5.69 Å². The van der Waals surface area contributed by atoms with E-state index in [1.54, 1.807) is 30.3 Å². The third-order valence-electron chi connectivity index (χ3n) is 3.55. The summed E-state index contributed by atoms with van der Waals surface area (Å²) in [6.07, 6.45) is 0. The predicted molar refractivity (Wildman–Crippen MR) is 94.3 cm³/mol. The monoisotopic (exact) mass is 335 g/mol. The third kappa shape index (κ3) is 3.74. The molecule has 2 amide bonds. The minimum Gasteiger partial charge on any atom is -0.493 e. The molecule has 6 heteroatoms. The highest BCUT2D eigenvalue weighted by atomic mass is 16.5. The lowest BCUT2D eigenvalue weighted by atomic mass is 10.2. The van der Waals surface area contributed by atoms with Crippen LogP contribution in [0.1, 0.15) is 27.8 Å². The molecule has 1 aromatic heterocycles. The number of hydrogen-bond acceptors (Lipinski definition) is 4. The molecule has 0 saturated carbocycles. The molecule has 126 valence electrons. The van der Waals surface area contributed by atoms with Crippen LogP contribution in [0.4, 0.5) is 0 Å². The van der Waals surface area contributed by atoms with Gasteiger partial charge in [0.15, 0.2) is 0 Å². The highest BCUT2D eigenvalue weighted by molar-refractivity contribution is 6.00. The van der Waals surface area contributed by atoms with Crippen molar-refractivity contribution in [1.82, 2.24) is 15.8 Å². The number of pyridine rings is 1. The SMILES string of the molecule is CCOc1ccccc1C(=O)NNC(=O)c1ccc2ccccc2n1. The van der Waals surface area contributed by atoms with Gasteiger partial charge in [-0.15, -0.1) is 0 Å². The van der Waals surface area contributed by atoms with E-state index < -0.39 is 11.8 Å². The fourth-order valence-electron chi connectivity index (χ4n) is 2.37. The number of hydrazine groups is 1. The zero-order valence-corrected chi connectivity index (χ0v) is 13.7. The number of aromatic nitrogens is 1. The topological polar surface area (TPSA) is 80.3 Å². The smallest absolute Gasteiger partial charge is 0.288 e. The largest absolute Gasteiger partial charge is 0.493 e. The van der Waals surface area contributed by atoms with Crippen LogP contribution in [0, 0.1) is 0 Å². The number of amides is 2. The van der Waals surface area contributed by atoms with Gasteiger partial charge in [-0.3, -0.25) is 20.4 Å². The van der Waals surface area contributed by atoms with Crippen molar-refractivity contribution in [1.29, 1.82) is 0 Å². The summed E-state index contributed by atoms with van der Waals surface area (Å²) in [5.41, 5.74) is 6.03. The lowest BCUT2D eigenvalue weighted by Gasteiger charge is -2.11. The fourth-order valence-corrected chi connectivity index (χ4v) is 2.37. The minimum atomic E-state index is -0.493. The van der Waals surface area contributed by atoms with Crippen molar-refractivity contribution in [2.45, 2.75) is 6.92 Å². The first-order valence-electron chi connectivity index (χ1n) is 7.87. The lowest BCUT2D eigenvalue weighted by molar-refractivity contribution is 0.0842. The van der Waals surface area contributed by atoms with Crippen LogP contribution in [0.2, 0.25) is 0 Å². The fraction of sp³-hybridized carbons (Fsp3) is 0.105. The highest BCUT2D eigenvalue weighted by Gasteiger charge is 2.14. The molecule has 3 rings (SSSR count). The van der Waals surface area contributed by atoms with Gasteiger partial charge in [-0.05, 0) is 31.2 Å². The maximum atomic E-state index is 12.3. The van der Waals surface area contributed by atoms with Gasteiger partial charge >= 0.3 is 0 Å². The molecule has 0 bridgehead atoms. The minimum absolute atomic E-state index is 0.220. The number of fused-ring (bicyclic) bond motifs is 1. The van der Waals surface area contributed by atoms with Gasteiger partial charge in [0.25, 0.3) is 11.8 Å². The Balaban J connectivity index is 1.70. The molecule has 0 fully saturated rings. The third-order valence-corrected chi connectivity index (χ3v) is 3.55. The summed E-state index contributed by atoms with van der Waals surface area (Å²) >= 11 is 0. The van der Waals surface area contributed by atoms with Gasteiger partial charge in [-0.25, -0.2) is 4.98 Å². The van der Waals surface area contributed by atoms with Crippen molar-refractivity contribution in [2.75, 3.05) is 6.61 Å². The Hall–Kier alpha value is -3.41. The van der Waals surface area contributed by atoms with Gasteiger partial charge in [0.05, 0.1) is 17.7 Å². The van der Waals surface area contributed by atoms with E-state index in [0.717, 1.165) is 5.39 Å². The van der Waals surface area contributed by atoms with Gasteiger partial charge in [0.2, 0.25) is 0 Å². The number of rotatable bonds is 4. The molecule has 2 N–H and O–H groups in total. The molecular weight excluding hydrogens is 318 g/mol. The molecule has 2 aromatic carbocycles. The predicted octanol–water partition coefficient (Wildman–Crippen LogP) is 2.71. The van der Waals surface area contributed by atoms with Gasteiger partial charge in [0.1, 0.15) is 11.4 Å². The number of carbonyl (C=O) groups is 2. The van der Waals surface area contributed by atoms with Crippen LogP contribution in [0.5, 0.6) is 5.75 Å². The number of benzene rings is 2. The van der Waals surface area contributed by atoms with E-state index >= 15 is 0 Å². The average molecular weight is 335 g/mol. The number of hydrogen-bond donors (Lipinski definition) is 2. The van der Waals surface area contributed by atoms with Crippen LogP contribution in [0.15, 0.2) is 60.7 Å². The Bertz CT molecular complexity index is 924. The summed E-state index contributed by atoms with van der Waals surface area (Å²) in [6.45, 7) is 2.28. The van der Waals surface area contributed by atoms with Crippen molar-refractivity contribution >= 4 is 22.7 Å². The number of para-hydroxylation sites is 2. The van der Waals surface area contributed by atoms with E-state index in [1.165, 1.54) is 0 Å². The first-order valence-corrected chi connectivity index (χ1v) is 7.87. The Kier molecular flexibility index (Phi) is 4.89. The lowest BCUT2D eigenvalue weighted by Crippen LogP contribution is -2.42. The first-order chi connectivity index (χ1) is 12.2. The number of nitrogens with one attached hydrogen (secondary N) is 2. The van der Waals surface area contributed by atoms with E-state index in [9.17, 15) is 9.59 Å². The van der Waals surface area contributed by atoms with Crippen LogP contribution in [0.25, 0.3) is 10.9 Å². The summed E-state index contributed by atoms with van der Waals surface area (Å²) in [5.74, 6) is -0.494. The van der Waals surface area contributed by atoms with E-state index in [4.69, 9.17) is 4.74 Å². The second-order valence-corrected chi connectivity index (χ2v) is 5.23. The zero-order valence-electron chi connectivity index (χ0n) is 13.7. The van der Waals surface area contributed by atoms with Gasteiger partial charge < -0.3 is 4.74 Å². The Morgan fingerprint density at radius 2 is 1.64 bits per heavy atom. The molecule has 0 aliphatic rings. The molecule has 3 aromatic rings. The van der Waals surface area contributed by atoms with Crippen LogP contribution < -0.4 is 15.6 Å². The van der Waals surface area contributed by atoms with Crippen molar-refractivity contribution in [3.05, 3.63) is 71.9 Å². The van der Waals surface area contributed by atoms with Crippen LogP contribution >= 0.6 is 0 Å². The standard InChI is InChI=1S/C19H17N3O3/c1-2-25-17-10-6-4-8-14(17)18(23)21-22-19(24)16-12-11-13-7-3-5-9-15(13)20-16/h3-12H,2H2,1H3,(H,21,23)(H,22,24). The second-order valence-electron chi connectivity index (χ2n) is 5.23. The summed E-state index contributed by atoms with van der Waals surface area (Å²) in [7, 11) is 0. The quantitative estimate of drug-likeness (QED) is 0.719. The van der Waals surface area contributed by atoms with E-state index in [0.29, 0.717) is 23.4 Å². The molecular formula is C19H17N3O3. The average Bonchev–Trinajstić information content (AvgIpc) is 2.66. The molecule has 0 aliphatic carbocycles. The second kappa shape index (κ2) is 7.44. The molecule has 6 nitrogen and oxygen atoms in total. The first kappa shape index (κ1) is 16.4. The molecule has 25 heavy (non-hydrogen) atoms. The van der Waals surface area contributed by atoms with Gasteiger partial charge in [-0.2, -0.15) is 0 Å². The van der Waals surface area contributed by atoms with Crippen molar-refractivity contribution in [3.8, 4) is 5.75 Å². The normalized spacial score (nSPS) is 10.3. The Morgan fingerprint density at radius 1 is 0.920 bits per heavy atom. The van der Waals surface area contributed by atoms with E-state index in [2.05, 4.69) is 15.8 Å². The highest BCUT2D eigenvalue weighted by Crippen LogP contribution is 2.17. The van der Waals surface area contributed by atoms with Gasteiger partial charge in [-0.1, -0.05) is 36.4 Å².